The van der Waals surface area contributed by atoms with Gasteiger partial charge in [0.05, 0.1) is 5.92 Å². The number of benzene rings is 2. The Morgan fingerprint density at radius 1 is 1.12 bits per heavy atom. The number of ketones is 1. The second-order valence-corrected chi connectivity index (χ2v) is 7.36. The number of Topliss-reactive ketones (excluding diaryl/α,β-unsaturated/α-hetero) is 1. The normalized spacial score (nSPS) is 25.6. The number of halogens is 1. The molecular weight excluding hydrogens is 320 g/mol. The first-order chi connectivity index (χ1) is 11.7. The highest BCUT2D eigenvalue weighted by Crippen LogP contribution is 2.52. The minimum Gasteiger partial charge on any atom is -0.457 e. The molecule has 1 aliphatic carbocycles. The third kappa shape index (κ3) is 2.63. The first-order valence-corrected chi connectivity index (χ1v) is 9.14. The van der Waals surface area contributed by atoms with Gasteiger partial charge >= 0.3 is 0 Å². The van der Waals surface area contributed by atoms with E-state index in [-0.39, 0.29) is 11.8 Å². The molecule has 3 atom stereocenters. The van der Waals surface area contributed by atoms with Crippen LogP contribution in [-0.4, -0.2) is 5.78 Å². The van der Waals surface area contributed by atoms with E-state index in [0.717, 1.165) is 41.9 Å². The molecule has 0 saturated heterocycles. The maximum Gasteiger partial charge on any atom is 0.141 e. The molecule has 0 amide bonds. The smallest absolute Gasteiger partial charge is 0.141 e. The van der Waals surface area contributed by atoms with Gasteiger partial charge in [0.15, 0.2) is 0 Å². The third-order valence-corrected chi connectivity index (χ3v) is 5.79. The fraction of sp³-hybridized carbons (Fsp3) is 0.381. The van der Waals surface area contributed by atoms with Crippen molar-refractivity contribution in [1.29, 1.82) is 0 Å². The van der Waals surface area contributed by atoms with Gasteiger partial charge in [0, 0.05) is 28.5 Å². The summed E-state index contributed by atoms with van der Waals surface area (Å²) in [4.78, 5) is 13.0. The topological polar surface area (TPSA) is 26.3 Å². The lowest BCUT2D eigenvalue weighted by Crippen LogP contribution is -2.18. The van der Waals surface area contributed by atoms with Crippen LogP contribution in [0.2, 0.25) is 5.02 Å². The quantitative estimate of drug-likeness (QED) is 0.627. The summed E-state index contributed by atoms with van der Waals surface area (Å²) >= 11 is 6.28. The van der Waals surface area contributed by atoms with Crippen LogP contribution in [0.15, 0.2) is 42.5 Å². The standard InChI is InChI=1S/C21H21ClO2/c1-2-13-7-9-18(23)21-15-5-3-4-6-19(15)24-20-10-8-14(22)12-16(20)17(21)11-13/h3-6,8,10,12-13,17,21H,2,7,9,11H2,1H3. The molecule has 24 heavy (non-hydrogen) atoms. The largest absolute Gasteiger partial charge is 0.457 e. The van der Waals surface area contributed by atoms with Gasteiger partial charge in [-0.15, -0.1) is 0 Å². The van der Waals surface area contributed by atoms with Gasteiger partial charge in [-0.2, -0.15) is 0 Å². The number of ether oxygens (including phenoxy) is 1. The average Bonchev–Trinajstić information content (AvgIpc) is 2.83. The maximum absolute atomic E-state index is 13.0. The average molecular weight is 341 g/mol. The molecule has 0 aromatic heterocycles. The molecule has 0 radical (unpaired) electrons. The summed E-state index contributed by atoms with van der Waals surface area (Å²) in [7, 11) is 0. The Morgan fingerprint density at radius 3 is 2.75 bits per heavy atom. The summed E-state index contributed by atoms with van der Waals surface area (Å²) in [5.41, 5.74) is 2.11. The number of carbonyl (C=O) groups is 1. The zero-order valence-corrected chi connectivity index (χ0v) is 14.6. The van der Waals surface area contributed by atoms with Crippen LogP contribution in [0.1, 0.15) is 55.6 Å². The minimum atomic E-state index is -0.127. The van der Waals surface area contributed by atoms with Crippen LogP contribution in [0.5, 0.6) is 11.5 Å². The summed E-state index contributed by atoms with van der Waals surface area (Å²) in [6.45, 7) is 2.22. The Morgan fingerprint density at radius 2 is 1.92 bits per heavy atom. The van der Waals surface area contributed by atoms with E-state index in [1.165, 1.54) is 0 Å². The van der Waals surface area contributed by atoms with Crippen molar-refractivity contribution >= 4 is 17.4 Å². The number of fused-ring (bicyclic) bond motifs is 5. The molecule has 124 valence electrons. The lowest BCUT2D eigenvalue weighted by Gasteiger charge is -2.25. The number of hydrogen-bond acceptors (Lipinski definition) is 2. The van der Waals surface area contributed by atoms with E-state index in [2.05, 4.69) is 6.92 Å². The predicted molar refractivity (Wildman–Crippen MR) is 96.1 cm³/mol. The molecule has 2 aliphatic rings. The monoisotopic (exact) mass is 340 g/mol. The Kier molecular flexibility index (Phi) is 4.09. The number of carbonyl (C=O) groups excluding carboxylic acids is 1. The Hall–Kier alpha value is -1.80. The SMILES string of the molecule is CCC1CCC(=O)C2c3ccccc3Oc3ccc(Cl)cc3C2C1. The fourth-order valence-corrected chi connectivity index (χ4v) is 4.44. The molecular formula is C21H21ClO2. The Balaban J connectivity index is 1.93. The first kappa shape index (κ1) is 15.7. The summed E-state index contributed by atoms with van der Waals surface area (Å²) in [5.74, 6) is 2.56. The van der Waals surface area contributed by atoms with Crippen LogP contribution in [0.25, 0.3) is 0 Å². The van der Waals surface area contributed by atoms with Crippen LogP contribution >= 0.6 is 11.6 Å². The van der Waals surface area contributed by atoms with Crippen molar-refractivity contribution in [2.75, 3.05) is 0 Å². The lowest BCUT2D eigenvalue weighted by molar-refractivity contribution is -0.120. The van der Waals surface area contributed by atoms with Crippen molar-refractivity contribution in [3.05, 3.63) is 58.6 Å². The van der Waals surface area contributed by atoms with Crippen LogP contribution in [0.4, 0.5) is 0 Å². The predicted octanol–water partition coefficient (Wildman–Crippen LogP) is 6.09. The molecule has 2 aromatic carbocycles. The van der Waals surface area contributed by atoms with Crippen LogP contribution in [-0.2, 0) is 4.79 Å². The second kappa shape index (κ2) is 6.25. The molecule has 0 N–H and O–H groups in total. The molecule has 1 saturated carbocycles. The van der Waals surface area contributed by atoms with Crippen molar-refractivity contribution < 1.29 is 9.53 Å². The highest BCUT2D eigenvalue weighted by Gasteiger charge is 2.40. The summed E-state index contributed by atoms with van der Waals surface area (Å²) < 4.78 is 6.20. The summed E-state index contributed by atoms with van der Waals surface area (Å²) in [6, 6.07) is 13.8. The molecule has 0 bridgehead atoms. The van der Waals surface area contributed by atoms with Gasteiger partial charge in [-0.3, -0.25) is 4.79 Å². The van der Waals surface area contributed by atoms with Gasteiger partial charge in [-0.1, -0.05) is 43.1 Å². The Labute approximate surface area is 147 Å². The molecule has 1 heterocycles. The van der Waals surface area contributed by atoms with Gasteiger partial charge < -0.3 is 4.74 Å². The van der Waals surface area contributed by atoms with Gasteiger partial charge in [0.2, 0.25) is 0 Å². The van der Waals surface area contributed by atoms with Crippen LogP contribution in [0.3, 0.4) is 0 Å². The van der Waals surface area contributed by atoms with Crippen molar-refractivity contribution in [3.8, 4) is 11.5 Å². The minimum absolute atomic E-state index is 0.127. The van der Waals surface area contributed by atoms with Gasteiger partial charge in [-0.25, -0.2) is 0 Å². The Bertz CT molecular complexity index is 783. The summed E-state index contributed by atoms with van der Waals surface area (Å²) in [6.07, 6.45) is 3.76. The molecule has 0 spiro atoms. The molecule has 1 aliphatic heterocycles. The number of rotatable bonds is 1. The van der Waals surface area contributed by atoms with E-state index in [0.29, 0.717) is 23.1 Å². The van der Waals surface area contributed by atoms with Crippen LogP contribution in [0, 0.1) is 5.92 Å². The molecule has 1 fully saturated rings. The van der Waals surface area contributed by atoms with E-state index < -0.39 is 0 Å². The zero-order valence-electron chi connectivity index (χ0n) is 13.8. The molecule has 2 nitrogen and oxygen atoms in total. The third-order valence-electron chi connectivity index (χ3n) is 5.56. The van der Waals surface area contributed by atoms with Gasteiger partial charge in [0.1, 0.15) is 17.3 Å². The second-order valence-electron chi connectivity index (χ2n) is 6.92. The van der Waals surface area contributed by atoms with E-state index in [4.69, 9.17) is 16.3 Å². The van der Waals surface area contributed by atoms with Crippen molar-refractivity contribution in [3.63, 3.8) is 0 Å². The van der Waals surface area contributed by atoms with Crippen molar-refractivity contribution in [1.82, 2.24) is 0 Å². The fourth-order valence-electron chi connectivity index (χ4n) is 4.26. The molecule has 2 aromatic rings. The highest BCUT2D eigenvalue weighted by molar-refractivity contribution is 6.30. The van der Waals surface area contributed by atoms with E-state index >= 15 is 0 Å². The zero-order chi connectivity index (χ0) is 16.7. The van der Waals surface area contributed by atoms with Crippen molar-refractivity contribution in [2.45, 2.75) is 44.4 Å². The lowest BCUT2D eigenvalue weighted by atomic mass is 9.76. The maximum atomic E-state index is 13.0. The van der Waals surface area contributed by atoms with E-state index in [1.54, 1.807) is 0 Å². The van der Waals surface area contributed by atoms with Gasteiger partial charge in [0.25, 0.3) is 0 Å². The molecule has 3 heteroatoms. The summed E-state index contributed by atoms with van der Waals surface area (Å²) in [5, 5.41) is 0.701. The van der Waals surface area contributed by atoms with Crippen LogP contribution < -0.4 is 4.74 Å². The van der Waals surface area contributed by atoms with E-state index in [9.17, 15) is 4.79 Å². The number of hydrogen-bond donors (Lipinski definition) is 0. The van der Waals surface area contributed by atoms with Crippen molar-refractivity contribution in [2.24, 2.45) is 5.92 Å². The highest BCUT2D eigenvalue weighted by atomic mass is 35.5. The van der Waals surface area contributed by atoms with E-state index in [1.807, 2.05) is 42.5 Å². The number of para-hydroxylation sites is 1. The first-order valence-electron chi connectivity index (χ1n) is 8.76. The molecule has 4 rings (SSSR count). The molecule has 3 unspecified atom stereocenters. The van der Waals surface area contributed by atoms with Gasteiger partial charge in [-0.05, 0) is 43.0 Å².